The van der Waals surface area contributed by atoms with Gasteiger partial charge in [0.1, 0.15) is 12.2 Å². The number of hydrogen-bond donors (Lipinski definition) is 3. The molecule has 6 nitrogen and oxygen atoms in total. The number of carbonyl (C=O) groups is 1. The van der Waals surface area contributed by atoms with E-state index in [1.165, 1.54) is 6.33 Å². The van der Waals surface area contributed by atoms with E-state index in [0.717, 1.165) is 4.47 Å². The van der Waals surface area contributed by atoms with E-state index < -0.39 is 0 Å². The molecule has 1 amide bonds. The molecule has 1 heterocycles. The predicted molar refractivity (Wildman–Crippen MR) is 70.8 cm³/mol. The number of nitrogens with one attached hydrogen (secondary N) is 2. The number of H-pyrrole nitrogens is 1. The third kappa shape index (κ3) is 2.67. The summed E-state index contributed by atoms with van der Waals surface area (Å²) in [6, 6.07) is 4.86. The molecule has 94 valence electrons. The second-order valence-corrected chi connectivity index (χ2v) is 4.71. The molecule has 7 heteroatoms. The molecule has 0 bridgehead atoms. The van der Waals surface area contributed by atoms with Gasteiger partial charge in [-0.3, -0.25) is 9.89 Å². The van der Waals surface area contributed by atoms with E-state index in [2.05, 4.69) is 36.4 Å². The molecular formula is C11H12BrN5O. The highest BCUT2D eigenvalue weighted by atomic mass is 79.9. The number of benzene rings is 1. The molecule has 1 atom stereocenters. The number of rotatable bonds is 3. The molecule has 0 aliphatic heterocycles. The lowest BCUT2D eigenvalue weighted by atomic mass is 10.1. The maximum atomic E-state index is 12.0. The minimum Gasteiger partial charge on any atom is -0.398 e. The normalized spacial score (nSPS) is 12.1. The summed E-state index contributed by atoms with van der Waals surface area (Å²) in [5.74, 6) is 0.350. The summed E-state index contributed by atoms with van der Waals surface area (Å²) in [6.45, 7) is 1.81. The van der Waals surface area contributed by atoms with E-state index in [1.54, 1.807) is 18.2 Å². The second kappa shape index (κ2) is 5.18. The molecular weight excluding hydrogens is 298 g/mol. The van der Waals surface area contributed by atoms with Crippen LogP contribution >= 0.6 is 15.9 Å². The fourth-order valence-corrected chi connectivity index (χ4v) is 1.89. The number of anilines is 1. The van der Waals surface area contributed by atoms with Crippen LogP contribution in [0.15, 0.2) is 29.0 Å². The van der Waals surface area contributed by atoms with Crippen molar-refractivity contribution in [1.29, 1.82) is 0 Å². The number of carbonyl (C=O) groups excluding carboxylic acids is 1. The van der Waals surface area contributed by atoms with Crippen molar-refractivity contribution in [1.82, 2.24) is 20.5 Å². The Hall–Kier alpha value is -1.89. The maximum absolute atomic E-state index is 12.0. The fraction of sp³-hybridized carbons (Fsp3) is 0.182. The van der Waals surface area contributed by atoms with Crippen LogP contribution in [0.25, 0.3) is 0 Å². The fourth-order valence-electron chi connectivity index (χ4n) is 1.51. The Morgan fingerprint density at radius 3 is 2.94 bits per heavy atom. The molecule has 0 fully saturated rings. The molecule has 0 aliphatic rings. The zero-order valence-corrected chi connectivity index (χ0v) is 11.2. The molecule has 0 radical (unpaired) electrons. The molecule has 1 aromatic carbocycles. The Bertz CT molecular complexity index is 555. The van der Waals surface area contributed by atoms with E-state index in [-0.39, 0.29) is 11.9 Å². The van der Waals surface area contributed by atoms with Crippen LogP contribution in [0.2, 0.25) is 0 Å². The van der Waals surface area contributed by atoms with E-state index in [0.29, 0.717) is 17.1 Å². The van der Waals surface area contributed by atoms with Gasteiger partial charge in [-0.1, -0.05) is 15.9 Å². The molecule has 18 heavy (non-hydrogen) atoms. The highest BCUT2D eigenvalue weighted by Gasteiger charge is 2.15. The van der Waals surface area contributed by atoms with E-state index in [4.69, 9.17) is 5.73 Å². The third-order valence-corrected chi connectivity index (χ3v) is 2.94. The number of amides is 1. The third-order valence-electron chi connectivity index (χ3n) is 2.45. The number of hydrogen-bond acceptors (Lipinski definition) is 4. The van der Waals surface area contributed by atoms with Gasteiger partial charge in [0.05, 0.1) is 11.6 Å². The van der Waals surface area contributed by atoms with E-state index >= 15 is 0 Å². The van der Waals surface area contributed by atoms with Gasteiger partial charge in [-0.05, 0) is 25.1 Å². The summed E-state index contributed by atoms with van der Waals surface area (Å²) < 4.78 is 0.833. The van der Waals surface area contributed by atoms with Gasteiger partial charge in [0, 0.05) is 10.2 Å². The number of nitrogens with two attached hydrogens (primary N) is 1. The molecule has 1 aromatic heterocycles. The van der Waals surface area contributed by atoms with Crippen molar-refractivity contribution in [2.75, 3.05) is 5.73 Å². The standard InChI is InChI=1S/C11H12BrN5O/c1-6(10-14-5-15-17-10)16-11(18)8-3-2-7(12)4-9(8)13/h2-6H,13H2,1H3,(H,16,18)(H,14,15,17). The van der Waals surface area contributed by atoms with Crippen LogP contribution in [-0.4, -0.2) is 21.1 Å². The highest BCUT2D eigenvalue weighted by molar-refractivity contribution is 9.10. The van der Waals surface area contributed by atoms with Crippen LogP contribution < -0.4 is 11.1 Å². The first-order valence-corrected chi connectivity index (χ1v) is 6.08. The van der Waals surface area contributed by atoms with Crippen molar-refractivity contribution in [2.45, 2.75) is 13.0 Å². The molecule has 0 saturated heterocycles. The topological polar surface area (TPSA) is 96.7 Å². The Balaban J connectivity index is 2.12. The minimum atomic E-state index is -0.261. The molecule has 2 rings (SSSR count). The Morgan fingerprint density at radius 1 is 1.56 bits per heavy atom. The first-order chi connectivity index (χ1) is 8.58. The van der Waals surface area contributed by atoms with Crippen LogP contribution in [0.1, 0.15) is 29.1 Å². The van der Waals surface area contributed by atoms with Crippen molar-refractivity contribution >= 4 is 27.5 Å². The lowest BCUT2D eigenvalue weighted by Gasteiger charge is -2.12. The van der Waals surface area contributed by atoms with Crippen molar-refractivity contribution in [3.8, 4) is 0 Å². The van der Waals surface area contributed by atoms with Crippen molar-refractivity contribution < 1.29 is 4.79 Å². The molecule has 0 spiro atoms. The van der Waals surface area contributed by atoms with Crippen molar-refractivity contribution in [3.05, 3.63) is 40.4 Å². The van der Waals surface area contributed by atoms with Crippen LogP contribution in [0.5, 0.6) is 0 Å². The zero-order valence-electron chi connectivity index (χ0n) is 9.64. The van der Waals surface area contributed by atoms with Gasteiger partial charge in [-0.25, -0.2) is 4.98 Å². The minimum absolute atomic E-state index is 0.246. The summed E-state index contributed by atoms with van der Waals surface area (Å²) in [5.41, 5.74) is 6.65. The number of nitrogen functional groups attached to an aromatic ring is 1. The van der Waals surface area contributed by atoms with Gasteiger partial charge in [-0.15, -0.1) is 0 Å². The Morgan fingerprint density at radius 2 is 2.33 bits per heavy atom. The average Bonchev–Trinajstić information content (AvgIpc) is 2.81. The summed E-state index contributed by atoms with van der Waals surface area (Å²) >= 11 is 3.29. The summed E-state index contributed by atoms with van der Waals surface area (Å²) in [4.78, 5) is 16.0. The molecule has 0 aliphatic carbocycles. The number of aromatic nitrogens is 3. The largest absolute Gasteiger partial charge is 0.398 e. The van der Waals surface area contributed by atoms with Gasteiger partial charge in [0.2, 0.25) is 0 Å². The molecule has 4 N–H and O–H groups in total. The SMILES string of the molecule is CC(NC(=O)c1ccc(Br)cc1N)c1ncn[nH]1. The molecule has 0 saturated carbocycles. The quantitative estimate of drug-likeness (QED) is 0.751. The monoisotopic (exact) mass is 309 g/mol. The van der Waals surface area contributed by atoms with Crippen LogP contribution in [0.4, 0.5) is 5.69 Å². The lowest BCUT2D eigenvalue weighted by molar-refractivity contribution is 0.0939. The zero-order chi connectivity index (χ0) is 13.1. The van der Waals surface area contributed by atoms with Crippen LogP contribution in [0, 0.1) is 0 Å². The van der Waals surface area contributed by atoms with E-state index in [1.807, 2.05) is 6.92 Å². The van der Waals surface area contributed by atoms with Gasteiger partial charge in [0.25, 0.3) is 5.91 Å². The second-order valence-electron chi connectivity index (χ2n) is 3.80. The Kier molecular flexibility index (Phi) is 3.61. The van der Waals surface area contributed by atoms with Gasteiger partial charge in [-0.2, -0.15) is 5.10 Å². The number of aromatic amines is 1. The maximum Gasteiger partial charge on any atom is 0.253 e. The van der Waals surface area contributed by atoms with Crippen molar-refractivity contribution in [3.63, 3.8) is 0 Å². The molecule has 2 aromatic rings. The number of halogens is 1. The average molecular weight is 310 g/mol. The van der Waals surface area contributed by atoms with Crippen LogP contribution in [-0.2, 0) is 0 Å². The summed E-state index contributed by atoms with van der Waals surface area (Å²) in [5, 5.41) is 9.23. The van der Waals surface area contributed by atoms with Crippen molar-refractivity contribution in [2.24, 2.45) is 0 Å². The smallest absolute Gasteiger partial charge is 0.253 e. The van der Waals surface area contributed by atoms with Gasteiger partial charge < -0.3 is 11.1 Å². The first-order valence-electron chi connectivity index (χ1n) is 5.29. The van der Waals surface area contributed by atoms with Gasteiger partial charge in [0.15, 0.2) is 0 Å². The number of nitrogens with zero attached hydrogens (tertiary/aromatic N) is 2. The van der Waals surface area contributed by atoms with Crippen LogP contribution in [0.3, 0.4) is 0 Å². The predicted octanol–water partition coefficient (Wildman–Crippen LogP) is 1.64. The Labute approximate surface area is 112 Å². The van der Waals surface area contributed by atoms with E-state index in [9.17, 15) is 4.79 Å². The highest BCUT2D eigenvalue weighted by Crippen LogP contribution is 2.19. The first kappa shape index (κ1) is 12.6. The molecule has 1 unspecified atom stereocenters. The van der Waals surface area contributed by atoms with Gasteiger partial charge >= 0.3 is 0 Å². The summed E-state index contributed by atoms with van der Waals surface area (Å²) in [6.07, 6.45) is 1.39. The summed E-state index contributed by atoms with van der Waals surface area (Å²) in [7, 11) is 0. The lowest BCUT2D eigenvalue weighted by Crippen LogP contribution is -2.28.